The standard InChI is InChI=1S/C24H25ClN6O3/c1-15(32)27-18-7-3-4-8-19(18)28-23-17(25)14-26-24(30-23)29-20-11-10-16(13-21(20)34-2)31-12-6-5-9-22(31)33/h3-4,7-8,10-11,13-14H,5-6,9,12H2,1-2H3,(H,27,32)(H2,26,28,29,30). The van der Waals surface area contributed by atoms with Gasteiger partial charge in [-0.2, -0.15) is 4.98 Å². The number of halogens is 1. The van der Waals surface area contributed by atoms with E-state index >= 15 is 0 Å². The molecule has 1 aliphatic rings. The molecule has 0 atom stereocenters. The number of ether oxygens (including phenoxy) is 1. The summed E-state index contributed by atoms with van der Waals surface area (Å²) in [6.45, 7) is 2.14. The summed E-state index contributed by atoms with van der Waals surface area (Å²) in [6, 6.07) is 12.8. The van der Waals surface area contributed by atoms with Gasteiger partial charge in [0.1, 0.15) is 10.8 Å². The van der Waals surface area contributed by atoms with Crippen molar-refractivity contribution in [1.82, 2.24) is 9.97 Å². The molecule has 0 radical (unpaired) electrons. The first kappa shape index (κ1) is 23.3. The number of hydrogen-bond acceptors (Lipinski definition) is 7. The van der Waals surface area contributed by atoms with Gasteiger partial charge in [0, 0.05) is 31.6 Å². The van der Waals surface area contributed by atoms with Gasteiger partial charge >= 0.3 is 0 Å². The smallest absolute Gasteiger partial charge is 0.229 e. The van der Waals surface area contributed by atoms with E-state index in [2.05, 4.69) is 25.9 Å². The van der Waals surface area contributed by atoms with E-state index in [1.807, 2.05) is 30.3 Å². The lowest BCUT2D eigenvalue weighted by molar-refractivity contribution is -0.119. The largest absolute Gasteiger partial charge is 0.494 e. The molecule has 0 spiro atoms. The first-order valence-corrected chi connectivity index (χ1v) is 11.2. The van der Waals surface area contributed by atoms with Crippen molar-refractivity contribution >= 4 is 57.9 Å². The Hall–Kier alpha value is -3.85. The van der Waals surface area contributed by atoms with Crippen molar-refractivity contribution in [1.29, 1.82) is 0 Å². The summed E-state index contributed by atoms with van der Waals surface area (Å²) in [6.07, 6.45) is 3.94. The maximum absolute atomic E-state index is 12.3. The fraction of sp³-hybridized carbons (Fsp3) is 0.250. The van der Waals surface area contributed by atoms with Gasteiger partial charge in [-0.15, -0.1) is 0 Å². The average Bonchev–Trinajstić information content (AvgIpc) is 2.83. The molecule has 9 nitrogen and oxygen atoms in total. The molecule has 0 saturated carbocycles. The third kappa shape index (κ3) is 5.37. The van der Waals surface area contributed by atoms with E-state index < -0.39 is 0 Å². The van der Waals surface area contributed by atoms with Crippen LogP contribution in [0.15, 0.2) is 48.7 Å². The molecule has 34 heavy (non-hydrogen) atoms. The molecule has 4 rings (SSSR count). The van der Waals surface area contributed by atoms with Crippen LogP contribution in [0.2, 0.25) is 5.02 Å². The lowest BCUT2D eigenvalue weighted by Crippen LogP contribution is -2.35. The minimum Gasteiger partial charge on any atom is -0.494 e. The van der Waals surface area contributed by atoms with E-state index in [0.717, 1.165) is 18.5 Å². The van der Waals surface area contributed by atoms with Gasteiger partial charge in [-0.3, -0.25) is 9.59 Å². The highest BCUT2D eigenvalue weighted by Crippen LogP contribution is 2.34. The highest BCUT2D eigenvalue weighted by atomic mass is 35.5. The van der Waals surface area contributed by atoms with E-state index in [-0.39, 0.29) is 11.8 Å². The number of para-hydroxylation sites is 2. The van der Waals surface area contributed by atoms with E-state index in [1.165, 1.54) is 13.1 Å². The zero-order chi connectivity index (χ0) is 24.1. The summed E-state index contributed by atoms with van der Waals surface area (Å²) in [7, 11) is 1.57. The maximum atomic E-state index is 12.3. The Balaban J connectivity index is 1.57. The van der Waals surface area contributed by atoms with Gasteiger partial charge in [-0.1, -0.05) is 23.7 Å². The third-order valence-corrected chi connectivity index (χ3v) is 5.58. The number of nitrogens with one attached hydrogen (secondary N) is 3. The topological polar surface area (TPSA) is 108 Å². The van der Waals surface area contributed by atoms with Gasteiger partial charge in [0.2, 0.25) is 17.8 Å². The van der Waals surface area contributed by atoms with Crippen molar-refractivity contribution < 1.29 is 14.3 Å². The molecular formula is C24H25ClN6O3. The normalized spacial score (nSPS) is 13.4. The summed E-state index contributed by atoms with van der Waals surface area (Å²) in [5.41, 5.74) is 2.67. The Morgan fingerprint density at radius 2 is 1.88 bits per heavy atom. The lowest BCUT2D eigenvalue weighted by atomic mass is 10.1. The fourth-order valence-corrected chi connectivity index (χ4v) is 3.82. The Bertz CT molecular complexity index is 1220. The molecule has 0 aliphatic carbocycles. The molecule has 2 aromatic carbocycles. The molecule has 3 N–H and O–H groups in total. The van der Waals surface area contributed by atoms with E-state index in [9.17, 15) is 9.59 Å². The second-order valence-corrected chi connectivity index (χ2v) is 8.16. The maximum Gasteiger partial charge on any atom is 0.229 e. The predicted octanol–water partition coefficient (Wildman–Crippen LogP) is 5.10. The number of rotatable bonds is 7. The number of methoxy groups -OCH3 is 1. The highest BCUT2D eigenvalue weighted by molar-refractivity contribution is 6.33. The van der Waals surface area contributed by atoms with Crippen molar-refractivity contribution in [2.45, 2.75) is 26.2 Å². The summed E-state index contributed by atoms with van der Waals surface area (Å²) in [5, 5.41) is 9.37. The number of nitrogens with zero attached hydrogens (tertiary/aromatic N) is 3. The second kappa shape index (κ2) is 10.4. The Kier molecular flexibility index (Phi) is 7.12. The van der Waals surface area contributed by atoms with Crippen LogP contribution in [0.5, 0.6) is 5.75 Å². The van der Waals surface area contributed by atoms with E-state index in [4.69, 9.17) is 16.3 Å². The summed E-state index contributed by atoms with van der Waals surface area (Å²) in [5.74, 6) is 1.15. The van der Waals surface area contributed by atoms with Crippen molar-refractivity contribution in [3.05, 3.63) is 53.7 Å². The monoisotopic (exact) mass is 480 g/mol. The Morgan fingerprint density at radius 1 is 1.09 bits per heavy atom. The zero-order valence-electron chi connectivity index (χ0n) is 18.9. The van der Waals surface area contributed by atoms with Crippen LogP contribution in [-0.2, 0) is 9.59 Å². The van der Waals surface area contributed by atoms with Crippen molar-refractivity contribution in [2.24, 2.45) is 0 Å². The summed E-state index contributed by atoms with van der Waals surface area (Å²) < 4.78 is 5.55. The first-order valence-electron chi connectivity index (χ1n) is 10.9. The van der Waals surface area contributed by atoms with Crippen LogP contribution in [-0.4, -0.2) is 35.4 Å². The zero-order valence-corrected chi connectivity index (χ0v) is 19.6. The van der Waals surface area contributed by atoms with Gasteiger partial charge < -0.3 is 25.6 Å². The van der Waals surface area contributed by atoms with Gasteiger partial charge in [-0.25, -0.2) is 4.98 Å². The molecule has 10 heteroatoms. The first-order chi connectivity index (χ1) is 16.4. The van der Waals surface area contributed by atoms with Crippen LogP contribution in [0.4, 0.5) is 34.5 Å². The molecule has 0 bridgehead atoms. The SMILES string of the molecule is COc1cc(N2CCCCC2=O)ccc1Nc1ncc(Cl)c(Nc2ccccc2NC(C)=O)n1. The molecule has 176 valence electrons. The molecule has 0 unspecified atom stereocenters. The number of benzene rings is 2. The van der Waals surface area contributed by atoms with E-state index in [0.29, 0.717) is 52.6 Å². The van der Waals surface area contributed by atoms with Gasteiger partial charge in [0.25, 0.3) is 0 Å². The van der Waals surface area contributed by atoms with Crippen LogP contribution < -0.4 is 25.6 Å². The number of aromatic nitrogens is 2. The minimum atomic E-state index is -0.188. The van der Waals surface area contributed by atoms with E-state index in [1.54, 1.807) is 24.1 Å². The Labute approximate surface area is 202 Å². The molecule has 2 heterocycles. The number of hydrogen-bond donors (Lipinski definition) is 3. The number of piperidine rings is 1. The molecule has 1 saturated heterocycles. The van der Waals surface area contributed by atoms with Gasteiger partial charge in [0.05, 0.1) is 30.4 Å². The molecule has 3 aromatic rings. The Morgan fingerprint density at radius 3 is 2.62 bits per heavy atom. The molecule has 1 aromatic heterocycles. The second-order valence-electron chi connectivity index (χ2n) is 7.75. The number of anilines is 6. The number of carbonyl (C=O) groups is 2. The fourth-order valence-electron chi connectivity index (χ4n) is 3.68. The van der Waals surface area contributed by atoms with Crippen molar-refractivity contribution in [3.63, 3.8) is 0 Å². The molecular weight excluding hydrogens is 456 g/mol. The summed E-state index contributed by atoms with van der Waals surface area (Å²) in [4.78, 5) is 34.3. The molecule has 1 fully saturated rings. The van der Waals surface area contributed by atoms with Crippen molar-refractivity contribution in [3.8, 4) is 5.75 Å². The van der Waals surface area contributed by atoms with Gasteiger partial charge in [0.15, 0.2) is 5.82 Å². The third-order valence-electron chi connectivity index (χ3n) is 5.30. The van der Waals surface area contributed by atoms with Crippen LogP contribution in [0.1, 0.15) is 26.2 Å². The number of carbonyl (C=O) groups excluding carboxylic acids is 2. The van der Waals surface area contributed by atoms with Gasteiger partial charge in [-0.05, 0) is 37.1 Å². The predicted molar refractivity (Wildman–Crippen MR) is 134 cm³/mol. The molecule has 1 aliphatic heterocycles. The summed E-state index contributed by atoms with van der Waals surface area (Å²) >= 11 is 6.32. The van der Waals surface area contributed by atoms with Crippen LogP contribution in [0.25, 0.3) is 0 Å². The van der Waals surface area contributed by atoms with Crippen LogP contribution in [0.3, 0.4) is 0 Å². The average molecular weight is 481 g/mol. The quantitative estimate of drug-likeness (QED) is 0.431. The number of amides is 2. The van der Waals surface area contributed by atoms with Crippen LogP contribution in [0, 0.1) is 0 Å². The molecule has 2 amide bonds. The van der Waals surface area contributed by atoms with Crippen LogP contribution >= 0.6 is 11.6 Å². The van der Waals surface area contributed by atoms with Crippen molar-refractivity contribution in [2.75, 3.05) is 34.5 Å². The highest BCUT2D eigenvalue weighted by Gasteiger charge is 2.21. The minimum absolute atomic E-state index is 0.116. The lowest BCUT2D eigenvalue weighted by Gasteiger charge is -2.27.